The monoisotopic (exact) mass is 279 g/mol. The van der Waals surface area contributed by atoms with Crippen molar-refractivity contribution in [2.45, 2.75) is 6.61 Å². The van der Waals surface area contributed by atoms with Crippen LogP contribution in [0.4, 0.5) is 4.79 Å². The second-order valence-corrected chi connectivity index (χ2v) is 4.45. The summed E-state index contributed by atoms with van der Waals surface area (Å²) in [4.78, 5) is 16.0. The van der Waals surface area contributed by atoms with E-state index in [4.69, 9.17) is 9.47 Å². The number of pyridine rings is 1. The molecule has 4 nitrogen and oxygen atoms in total. The third kappa shape index (κ3) is 3.36. The van der Waals surface area contributed by atoms with E-state index >= 15 is 0 Å². The molecule has 0 aliphatic rings. The third-order valence-electron chi connectivity index (χ3n) is 2.94. The second-order valence-electron chi connectivity index (χ2n) is 4.45. The standard InChI is InChI=1S/C17H13NO3/c19-17(21-15-7-2-1-3-8-15)20-12-14-11-10-13-6-4-5-9-16(13)18-14/h1-11H,12H2. The first kappa shape index (κ1) is 13.1. The highest BCUT2D eigenvalue weighted by Crippen LogP contribution is 2.13. The number of fused-ring (bicyclic) bond motifs is 1. The second kappa shape index (κ2) is 6.05. The summed E-state index contributed by atoms with van der Waals surface area (Å²) in [7, 11) is 0. The van der Waals surface area contributed by atoms with Crippen LogP contribution >= 0.6 is 0 Å². The van der Waals surface area contributed by atoms with Crippen LogP contribution in [0, 0.1) is 0 Å². The SMILES string of the molecule is O=C(OCc1ccc2ccccc2n1)Oc1ccccc1. The van der Waals surface area contributed by atoms with Gasteiger partial charge in [0, 0.05) is 5.39 Å². The molecule has 3 aromatic rings. The number of para-hydroxylation sites is 2. The Morgan fingerprint density at radius 2 is 1.67 bits per heavy atom. The summed E-state index contributed by atoms with van der Waals surface area (Å²) < 4.78 is 10.1. The molecule has 0 unspecified atom stereocenters. The minimum absolute atomic E-state index is 0.0799. The average Bonchev–Trinajstić information content (AvgIpc) is 2.54. The average molecular weight is 279 g/mol. The molecule has 0 bridgehead atoms. The Balaban J connectivity index is 1.62. The molecule has 104 valence electrons. The topological polar surface area (TPSA) is 48.4 Å². The van der Waals surface area contributed by atoms with Gasteiger partial charge in [-0.2, -0.15) is 0 Å². The maximum Gasteiger partial charge on any atom is 0.514 e. The maximum absolute atomic E-state index is 11.6. The number of hydrogen-bond acceptors (Lipinski definition) is 4. The molecule has 1 aromatic heterocycles. The molecule has 2 aromatic carbocycles. The summed E-state index contributed by atoms with van der Waals surface area (Å²) in [6.45, 7) is 0.0799. The van der Waals surface area contributed by atoms with Crippen LogP contribution in [0.2, 0.25) is 0 Å². The minimum Gasteiger partial charge on any atom is -0.427 e. The van der Waals surface area contributed by atoms with Crippen LogP contribution in [0.5, 0.6) is 5.75 Å². The normalized spacial score (nSPS) is 10.3. The van der Waals surface area contributed by atoms with Crippen molar-refractivity contribution >= 4 is 17.1 Å². The van der Waals surface area contributed by atoms with E-state index in [1.165, 1.54) is 0 Å². The molecule has 0 fully saturated rings. The van der Waals surface area contributed by atoms with Gasteiger partial charge in [-0.25, -0.2) is 9.78 Å². The van der Waals surface area contributed by atoms with Crippen LogP contribution in [0.25, 0.3) is 10.9 Å². The van der Waals surface area contributed by atoms with E-state index in [0.717, 1.165) is 10.9 Å². The third-order valence-corrected chi connectivity index (χ3v) is 2.94. The molecule has 1 heterocycles. The Labute approximate surface area is 122 Å². The molecule has 3 rings (SSSR count). The fourth-order valence-corrected chi connectivity index (χ4v) is 1.94. The summed E-state index contributed by atoms with van der Waals surface area (Å²) in [5, 5.41) is 1.05. The largest absolute Gasteiger partial charge is 0.514 e. The predicted octanol–water partition coefficient (Wildman–Crippen LogP) is 3.95. The Morgan fingerprint density at radius 3 is 2.52 bits per heavy atom. The maximum atomic E-state index is 11.6. The van der Waals surface area contributed by atoms with Crippen molar-refractivity contribution in [2.75, 3.05) is 0 Å². The quantitative estimate of drug-likeness (QED) is 0.538. The summed E-state index contributed by atoms with van der Waals surface area (Å²) >= 11 is 0. The van der Waals surface area contributed by atoms with Crippen LogP contribution in [-0.2, 0) is 11.3 Å². The van der Waals surface area contributed by atoms with E-state index in [9.17, 15) is 4.79 Å². The number of carbonyl (C=O) groups excluding carboxylic acids is 1. The van der Waals surface area contributed by atoms with Crippen LogP contribution in [0.3, 0.4) is 0 Å². The smallest absolute Gasteiger partial charge is 0.427 e. The number of hydrogen-bond donors (Lipinski definition) is 0. The molecule has 0 atom stereocenters. The van der Waals surface area contributed by atoms with E-state index in [1.54, 1.807) is 24.3 Å². The number of rotatable bonds is 3. The first-order valence-corrected chi connectivity index (χ1v) is 6.55. The van der Waals surface area contributed by atoms with E-state index in [0.29, 0.717) is 11.4 Å². The van der Waals surface area contributed by atoms with Gasteiger partial charge in [-0.05, 0) is 24.3 Å². The molecule has 0 aliphatic heterocycles. The van der Waals surface area contributed by atoms with Gasteiger partial charge >= 0.3 is 6.16 Å². The van der Waals surface area contributed by atoms with Gasteiger partial charge in [0.1, 0.15) is 12.4 Å². The van der Waals surface area contributed by atoms with Crippen LogP contribution in [-0.4, -0.2) is 11.1 Å². The lowest BCUT2D eigenvalue weighted by Crippen LogP contribution is -2.10. The fraction of sp³-hybridized carbons (Fsp3) is 0.0588. The number of nitrogens with zero attached hydrogens (tertiary/aromatic N) is 1. The lowest BCUT2D eigenvalue weighted by molar-refractivity contribution is 0.0917. The molecule has 0 spiro atoms. The number of carbonyl (C=O) groups is 1. The van der Waals surface area contributed by atoms with E-state index in [2.05, 4.69) is 4.98 Å². The molecule has 21 heavy (non-hydrogen) atoms. The Bertz CT molecular complexity index is 756. The first-order chi connectivity index (χ1) is 10.3. The lowest BCUT2D eigenvalue weighted by atomic mass is 10.2. The molecular formula is C17H13NO3. The van der Waals surface area contributed by atoms with Gasteiger partial charge in [0.05, 0.1) is 11.2 Å². The van der Waals surface area contributed by atoms with Crippen molar-refractivity contribution in [1.82, 2.24) is 4.98 Å². The van der Waals surface area contributed by atoms with Crippen molar-refractivity contribution in [2.24, 2.45) is 0 Å². The zero-order chi connectivity index (χ0) is 14.5. The van der Waals surface area contributed by atoms with E-state index < -0.39 is 6.16 Å². The van der Waals surface area contributed by atoms with Crippen LogP contribution in [0.1, 0.15) is 5.69 Å². The number of ether oxygens (including phenoxy) is 2. The van der Waals surface area contributed by atoms with Crippen molar-refractivity contribution in [3.05, 3.63) is 72.4 Å². The molecular weight excluding hydrogens is 266 g/mol. The molecule has 0 N–H and O–H groups in total. The Morgan fingerprint density at radius 1 is 0.905 bits per heavy atom. The Kier molecular flexibility index (Phi) is 3.78. The highest BCUT2D eigenvalue weighted by Gasteiger charge is 2.07. The molecule has 0 saturated carbocycles. The van der Waals surface area contributed by atoms with Crippen molar-refractivity contribution in [1.29, 1.82) is 0 Å². The van der Waals surface area contributed by atoms with E-state index in [-0.39, 0.29) is 6.61 Å². The molecule has 4 heteroatoms. The summed E-state index contributed by atoms with van der Waals surface area (Å²) in [6, 6.07) is 20.4. The minimum atomic E-state index is -0.740. The van der Waals surface area contributed by atoms with Crippen LogP contribution < -0.4 is 4.74 Å². The summed E-state index contributed by atoms with van der Waals surface area (Å²) in [5.74, 6) is 0.453. The number of benzene rings is 2. The lowest BCUT2D eigenvalue weighted by Gasteiger charge is -2.06. The molecule has 0 saturated heterocycles. The van der Waals surface area contributed by atoms with Gasteiger partial charge in [-0.3, -0.25) is 0 Å². The van der Waals surface area contributed by atoms with Crippen molar-refractivity contribution in [3.8, 4) is 5.75 Å². The highest BCUT2D eigenvalue weighted by molar-refractivity contribution is 5.78. The first-order valence-electron chi connectivity index (χ1n) is 6.55. The zero-order valence-corrected chi connectivity index (χ0v) is 11.2. The van der Waals surface area contributed by atoms with Crippen molar-refractivity contribution in [3.63, 3.8) is 0 Å². The van der Waals surface area contributed by atoms with Gasteiger partial charge < -0.3 is 9.47 Å². The number of aromatic nitrogens is 1. The van der Waals surface area contributed by atoms with Crippen LogP contribution in [0.15, 0.2) is 66.7 Å². The van der Waals surface area contributed by atoms with Gasteiger partial charge in [0.15, 0.2) is 0 Å². The Hall–Kier alpha value is -2.88. The molecule has 0 amide bonds. The van der Waals surface area contributed by atoms with Gasteiger partial charge in [-0.1, -0.05) is 42.5 Å². The molecule has 0 aliphatic carbocycles. The predicted molar refractivity (Wildman–Crippen MR) is 79.0 cm³/mol. The highest BCUT2D eigenvalue weighted by atomic mass is 16.7. The summed E-state index contributed by atoms with van der Waals surface area (Å²) in [6.07, 6.45) is -0.740. The molecule has 0 radical (unpaired) electrons. The fourth-order valence-electron chi connectivity index (χ4n) is 1.94. The van der Waals surface area contributed by atoms with E-state index in [1.807, 2.05) is 42.5 Å². The van der Waals surface area contributed by atoms with Gasteiger partial charge in [0.25, 0.3) is 0 Å². The van der Waals surface area contributed by atoms with Gasteiger partial charge in [0.2, 0.25) is 0 Å². The summed E-state index contributed by atoms with van der Waals surface area (Å²) in [5.41, 5.74) is 1.55. The zero-order valence-electron chi connectivity index (χ0n) is 11.2. The van der Waals surface area contributed by atoms with Gasteiger partial charge in [-0.15, -0.1) is 0 Å². The van der Waals surface area contributed by atoms with Crippen molar-refractivity contribution < 1.29 is 14.3 Å².